The van der Waals surface area contributed by atoms with Gasteiger partial charge < -0.3 is 5.32 Å². The zero-order chi connectivity index (χ0) is 9.54. The molecule has 14 heavy (non-hydrogen) atoms. The molecule has 0 spiro atoms. The van der Waals surface area contributed by atoms with Crippen molar-refractivity contribution in [3.05, 3.63) is 27.4 Å². The quantitative estimate of drug-likeness (QED) is 0.775. The number of allylic oxidation sites excluding steroid dienone is 1. The topological polar surface area (TPSA) is 12.0 Å². The highest BCUT2D eigenvalue weighted by Gasteiger charge is 2.32. The molecule has 0 bridgehead atoms. The first kappa shape index (κ1) is 8.96. The van der Waals surface area contributed by atoms with Crippen molar-refractivity contribution in [1.82, 2.24) is 5.32 Å². The molecule has 2 atom stereocenters. The van der Waals surface area contributed by atoms with Crippen LogP contribution in [0.15, 0.2) is 17.5 Å². The Kier molecular flexibility index (Phi) is 2.15. The van der Waals surface area contributed by atoms with Gasteiger partial charge in [0.1, 0.15) is 4.34 Å². The molecule has 0 aromatic carbocycles. The Morgan fingerprint density at radius 3 is 3.07 bits per heavy atom. The summed E-state index contributed by atoms with van der Waals surface area (Å²) < 4.78 is 0.948. The predicted octanol–water partition coefficient (Wildman–Crippen LogP) is 3.02. The van der Waals surface area contributed by atoms with E-state index in [1.807, 2.05) is 0 Å². The molecular formula is C11H12ClNS. The summed E-state index contributed by atoms with van der Waals surface area (Å²) in [6.45, 7) is 2.32. The number of rotatable bonds is 1. The van der Waals surface area contributed by atoms with Gasteiger partial charge in [0.15, 0.2) is 0 Å². The SMILES string of the molecule is Clc1sccc1C1=CC2CNCC2C1. The predicted molar refractivity (Wildman–Crippen MR) is 61.8 cm³/mol. The Bertz CT molecular complexity index is 382. The van der Waals surface area contributed by atoms with E-state index in [0.717, 1.165) is 22.7 Å². The van der Waals surface area contributed by atoms with Gasteiger partial charge in [0.2, 0.25) is 0 Å². The van der Waals surface area contributed by atoms with Crippen molar-refractivity contribution in [3.63, 3.8) is 0 Å². The Labute approximate surface area is 92.8 Å². The smallest absolute Gasteiger partial charge is 0.100 e. The van der Waals surface area contributed by atoms with Crippen LogP contribution in [-0.2, 0) is 0 Å². The fraction of sp³-hybridized carbons (Fsp3) is 0.455. The van der Waals surface area contributed by atoms with Crippen molar-refractivity contribution in [2.45, 2.75) is 6.42 Å². The minimum Gasteiger partial charge on any atom is -0.316 e. The number of fused-ring (bicyclic) bond motifs is 1. The van der Waals surface area contributed by atoms with Gasteiger partial charge in [-0.2, -0.15) is 0 Å². The van der Waals surface area contributed by atoms with E-state index in [4.69, 9.17) is 11.6 Å². The van der Waals surface area contributed by atoms with Crippen LogP contribution in [0.3, 0.4) is 0 Å². The number of nitrogens with one attached hydrogen (secondary N) is 1. The Balaban J connectivity index is 1.91. The lowest BCUT2D eigenvalue weighted by atomic mass is 9.99. The summed E-state index contributed by atoms with van der Waals surface area (Å²) >= 11 is 7.77. The van der Waals surface area contributed by atoms with E-state index in [1.54, 1.807) is 11.3 Å². The van der Waals surface area contributed by atoms with E-state index in [0.29, 0.717) is 0 Å². The van der Waals surface area contributed by atoms with Crippen molar-refractivity contribution in [1.29, 1.82) is 0 Å². The van der Waals surface area contributed by atoms with Crippen LogP contribution >= 0.6 is 22.9 Å². The van der Waals surface area contributed by atoms with Crippen LogP contribution in [0.1, 0.15) is 12.0 Å². The van der Waals surface area contributed by atoms with Gasteiger partial charge in [0.25, 0.3) is 0 Å². The molecule has 74 valence electrons. The van der Waals surface area contributed by atoms with E-state index in [9.17, 15) is 0 Å². The zero-order valence-corrected chi connectivity index (χ0v) is 9.37. The molecular weight excluding hydrogens is 214 g/mol. The lowest BCUT2D eigenvalue weighted by Gasteiger charge is -2.05. The molecule has 1 aromatic heterocycles. The molecule has 0 saturated carbocycles. The standard InChI is InChI=1S/C11H12ClNS/c12-11-10(1-2-14-11)7-3-8-5-13-6-9(8)4-7/h1-3,8-9,13H,4-6H2. The first-order chi connectivity index (χ1) is 6.84. The fourth-order valence-corrected chi connectivity index (χ4v) is 3.49. The van der Waals surface area contributed by atoms with Crippen molar-refractivity contribution in [2.24, 2.45) is 11.8 Å². The summed E-state index contributed by atoms with van der Waals surface area (Å²) in [5.74, 6) is 1.57. The van der Waals surface area contributed by atoms with Crippen LogP contribution in [0.2, 0.25) is 4.34 Å². The number of halogens is 1. The van der Waals surface area contributed by atoms with Crippen molar-refractivity contribution in [2.75, 3.05) is 13.1 Å². The molecule has 0 amide bonds. The van der Waals surface area contributed by atoms with Gasteiger partial charge in [-0.15, -0.1) is 11.3 Å². The molecule has 1 aliphatic carbocycles. The van der Waals surface area contributed by atoms with Crippen molar-refractivity contribution in [3.8, 4) is 0 Å². The van der Waals surface area contributed by atoms with Crippen molar-refractivity contribution < 1.29 is 0 Å². The van der Waals surface area contributed by atoms with Crippen LogP contribution in [0.4, 0.5) is 0 Å². The molecule has 0 radical (unpaired) electrons. The molecule has 1 fully saturated rings. The summed E-state index contributed by atoms with van der Waals surface area (Å²) in [5.41, 5.74) is 2.74. The minimum atomic E-state index is 0.751. The third kappa shape index (κ3) is 1.33. The highest BCUT2D eigenvalue weighted by atomic mass is 35.5. The molecule has 2 heterocycles. The maximum absolute atomic E-state index is 6.14. The van der Waals surface area contributed by atoms with Gasteiger partial charge in [-0.1, -0.05) is 17.7 Å². The van der Waals surface area contributed by atoms with Gasteiger partial charge in [0.05, 0.1) is 0 Å². The summed E-state index contributed by atoms with van der Waals surface area (Å²) in [4.78, 5) is 0. The van der Waals surface area contributed by atoms with Gasteiger partial charge >= 0.3 is 0 Å². The molecule has 1 nitrogen and oxygen atoms in total. The minimum absolute atomic E-state index is 0.751. The summed E-state index contributed by atoms with van der Waals surface area (Å²) in [6, 6.07) is 2.15. The van der Waals surface area contributed by atoms with E-state index in [2.05, 4.69) is 22.8 Å². The average molecular weight is 226 g/mol. The molecule has 1 saturated heterocycles. The summed E-state index contributed by atoms with van der Waals surface area (Å²) in [6.07, 6.45) is 3.62. The molecule has 1 N–H and O–H groups in total. The maximum Gasteiger partial charge on any atom is 0.100 e. The number of hydrogen-bond acceptors (Lipinski definition) is 2. The van der Waals surface area contributed by atoms with Crippen LogP contribution in [0, 0.1) is 11.8 Å². The highest BCUT2D eigenvalue weighted by molar-refractivity contribution is 7.14. The second-order valence-electron chi connectivity index (χ2n) is 4.09. The van der Waals surface area contributed by atoms with E-state index in [-0.39, 0.29) is 0 Å². The number of thiophene rings is 1. The van der Waals surface area contributed by atoms with E-state index >= 15 is 0 Å². The molecule has 2 unspecified atom stereocenters. The van der Waals surface area contributed by atoms with Crippen molar-refractivity contribution >= 4 is 28.5 Å². The highest BCUT2D eigenvalue weighted by Crippen LogP contribution is 2.41. The Hall–Kier alpha value is -0.310. The second-order valence-corrected chi connectivity index (χ2v) is 5.60. The van der Waals surface area contributed by atoms with E-state index < -0.39 is 0 Å². The Morgan fingerprint density at radius 1 is 1.43 bits per heavy atom. The first-order valence-corrected chi connectivity index (χ1v) is 6.25. The largest absolute Gasteiger partial charge is 0.316 e. The average Bonchev–Trinajstić information content (AvgIpc) is 2.75. The second kappa shape index (κ2) is 3.37. The monoisotopic (exact) mass is 225 g/mol. The first-order valence-electron chi connectivity index (χ1n) is 4.99. The fourth-order valence-electron chi connectivity index (χ4n) is 2.50. The van der Waals surface area contributed by atoms with Crippen LogP contribution in [0.5, 0.6) is 0 Å². The molecule has 2 aliphatic rings. The van der Waals surface area contributed by atoms with Crippen LogP contribution in [-0.4, -0.2) is 13.1 Å². The van der Waals surface area contributed by atoms with E-state index in [1.165, 1.54) is 24.1 Å². The lowest BCUT2D eigenvalue weighted by Crippen LogP contribution is -2.09. The summed E-state index contributed by atoms with van der Waals surface area (Å²) in [7, 11) is 0. The third-order valence-electron chi connectivity index (χ3n) is 3.25. The van der Waals surface area contributed by atoms with Gasteiger partial charge in [-0.25, -0.2) is 0 Å². The normalized spacial score (nSPS) is 30.5. The molecule has 3 rings (SSSR count). The van der Waals surface area contributed by atoms with Crippen LogP contribution < -0.4 is 5.32 Å². The summed E-state index contributed by atoms with van der Waals surface area (Å²) in [5, 5.41) is 5.50. The molecule has 3 heteroatoms. The maximum atomic E-state index is 6.14. The molecule has 1 aromatic rings. The third-order valence-corrected chi connectivity index (χ3v) is 4.42. The van der Waals surface area contributed by atoms with Crippen LogP contribution in [0.25, 0.3) is 5.57 Å². The number of hydrogen-bond donors (Lipinski definition) is 1. The van der Waals surface area contributed by atoms with Gasteiger partial charge in [0, 0.05) is 12.1 Å². The van der Waals surface area contributed by atoms with Gasteiger partial charge in [-0.05, 0) is 41.8 Å². The Morgan fingerprint density at radius 2 is 2.36 bits per heavy atom. The zero-order valence-electron chi connectivity index (χ0n) is 7.79. The molecule has 1 aliphatic heterocycles. The van der Waals surface area contributed by atoms with Gasteiger partial charge in [-0.3, -0.25) is 0 Å². The lowest BCUT2D eigenvalue weighted by molar-refractivity contribution is 0.536.